The quantitative estimate of drug-likeness (QED) is 0.785. The van der Waals surface area contributed by atoms with Gasteiger partial charge in [0.05, 0.1) is 17.5 Å². The molecule has 2 atom stereocenters. The van der Waals surface area contributed by atoms with Crippen LogP contribution in [0.15, 0.2) is 0 Å². The molecule has 0 bridgehead atoms. The number of sulfone groups is 1. The standard InChI is InChI=1S/C10H17NO4S/c1-10(7-11-9(12)15-10)6-8-4-2-3-5-16(8,13)14/h8H,2-7H2,1H3,(H,11,12). The summed E-state index contributed by atoms with van der Waals surface area (Å²) in [6.07, 6.45) is 2.36. The van der Waals surface area contributed by atoms with Crippen molar-refractivity contribution in [1.82, 2.24) is 5.32 Å². The molecule has 1 N–H and O–H groups in total. The van der Waals surface area contributed by atoms with Gasteiger partial charge in [0.25, 0.3) is 0 Å². The predicted molar refractivity (Wildman–Crippen MR) is 58.9 cm³/mol. The van der Waals surface area contributed by atoms with Crippen LogP contribution < -0.4 is 5.32 Å². The highest BCUT2D eigenvalue weighted by Gasteiger charge is 2.41. The van der Waals surface area contributed by atoms with Crippen molar-refractivity contribution in [2.45, 2.75) is 43.5 Å². The zero-order valence-electron chi connectivity index (χ0n) is 9.36. The van der Waals surface area contributed by atoms with Crippen molar-refractivity contribution in [2.24, 2.45) is 0 Å². The molecule has 2 aliphatic heterocycles. The Kier molecular flexibility index (Phi) is 2.86. The molecule has 2 heterocycles. The van der Waals surface area contributed by atoms with E-state index in [1.54, 1.807) is 6.92 Å². The smallest absolute Gasteiger partial charge is 0.407 e. The minimum Gasteiger partial charge on any atom is -0.441 e. The average molecular weight is 247 g/mol. The van der Waals surface area contributed by atoms with Crippen LogP contribution in [0.4, 0.5) is 4.79 Å². The molecule has 2 unspecified atom stereocenters. The lowest BCUT2D eigenvalue weighted by Crippen LogP contribution is -2.39. The summed E-state index contributed by atoms with van der Waals surface area (Å²) >= 11 is 0. The van der Waals surface area contributed by atoms with E-state index >= 15 is 0 Å². The third-order valence-electron chi connectivity index (χ3n) is 3.32. The topological polar surface area (TPSA) is 72.5 Å². The van der Waals surface area contributed by atoms with Gasteiger partial charge >= 0.3 is 6.09 Å². The molecule has 2 rings (SSSR count). The van der Waals surface area contributed by atoms with E-state index in [1.807, 2.05) is 0 Å². The van der Waals surface area contributed by atoms with Crippen LogP contribution in [0, 0.1) is 0 Å². The summed E-state index contributed by atoms with van der Waals surface area (Å²) in [5.41, 5.74) is -0.661. The van der Waals surface area contributed by atoms with Gasteiger partial charge in [0.15, 0.2) is 9.84 Å². The maximum Gasteiger partial charge on any atom is 0.407 e. The highest BCUT2D eigenvalue weighted by Crippen LogP contribution is 2.30. The third kappa shape index (κ3) is 2.31. The van der Waals surface area contributed by atoms with Crippen molar-refractivity contribution in [3.05, 3.63) is 0 Å². The Bertz CT molecular complexity index is 392. The van der Waals surface area contributed by atoms with E-state index in [0.29, 0.717) is 19.4 Å². The molecule has 2 fully saturated rings. The number of hydrogen-bond acceptors (Lipinski definition) is 4. The van der Waals surface area contributed by atoms with E-state index in [0.717, 1.165) is 12.8 Å². The van der Waals surface area contributed by atoms with E-state index in [4.69, 9.17) is 4.74 Å². The number of carbonyl (C=O) groups is 1. The van der Waals surface area contributed by atoms with Crippen molar-refractivity contribution in [3.8, 4) is 0 Å². The molecule has 0 radical (unpaired) electrons. The fraction of sp³-hybridized carbons (Fsp3) is 0.900. The number of rotatable bonds is 2. The minimum absolute atomic E-state index is 0.273. The minimum atomic E-state index is -2.99. The van der Waals surface area contributed by atoms with Crippen LogP contribution in [-0.4, -0.2) is 37.7 Å². The molecule has 5 nitrogen and oxygen atoms in total. The molecule has 92 valence electrons. The number of ether oxygens (including phenoxy) is 1. The monoisotopic (exact) mass is 247 g/mol. The first-order valence-electron chi connectivity index (χ1n) is 5.60. The van der Waals surface area contributed by atoms with E-state index in [-0.39, 0.29) is 11.0 Å². The van der Waals surface area contributed by atoms with Gasteiger partial charge in [-0.3, -0.25) is 0 Å². The van der Waals surface area contributed by atoms with E-state index in [1.165, 1.54) is 0 Å². The van der Waals surface area contributed by atoms with Gasteiger partial charge in [0.1, 0.15) is 5.60 Å². The normalized spacial score (nSPS) is 37.8. The number of alkyl carbamates (subject to hydrolysis) is 1. The SMILES string of the molecule is CC1(CC2CCCCS2(=O)=O)CNC(=O)O1. The molecule has 0 aromatic heterocycles. The molecular weight excluding hydrogens is 230 g/mol. The molecular formula is C10H17NO4S. The predicted octanol–water partition coefficient (Wildman–Crippen LogP) is 0.842. The van der Waals surface area contributed by atoms with Crippen molar-refractivity contribution >= 4 is 15.9 Å². The second-order valence-electron chi connectivity index (χ2n) is 4.88. The number of hydrogen-bond donors (Lipinski definition) is 1. The molecule has 0 aromatic carbocycles. The first-order chi connectivity index (χ1) is 7.41. The lowest BCUT2D eigenvalue weighted by molar-refractivity contribution is 0.0633. The van der Waals surface area contributed by atoms with Crippen LogP contribution in [0.5, 0.6) is 0 Å². The van der Waals surface area contributed by atoms with Gasteiger partial charge in [-0.2, -0.15) is 0 Å². The van der Waals surface area contributed by atoms with E-state index < -0.39 is 21.5 Å². The molecule has 1 amide bonds. The van der Waals surface area contributed by atoms with Crippen LogP contribution in [-0.2, 0) is 14.6 Å². The summed E-state index contributed by atoms with van der Waals surface area (Å²) in [6, 6.07) is 0. The fourth-order valence-corrected chi connectivity index (χ4v) is 4.47. The Hall–Kier alpha value is -0.780. The maximum absolute atomic E-state index is 11.8. The number of nitrogens with one attached hydrogen (secondary N) is 1. The van der Waals surface area contributed by atoms with Gasteiger partial charge < -0.3 is 10.1 Å². The second kappa shape index (κ2) is 3.91. The highest BCUT2D eigenvalue weighted by molar-refractivity contribution is 7.92. The molecule has 0 saturated carbocycles. The second-order valence-corrected chi connectivity index (χ2v) is 7.28. The van der Waals surface area contributed by atoms with Crippen LogP contribution in [0.25, 0.3) is 0 Å². The first kappa shape index (κ1) is 11.7. The van der Waals surface area contributed by atoms with Crippen molar-refractivity contribution in [1.29, 1.82) is 0 Å². The number of amides is 1. The average Bonchev–Trinajstić information content (AvgIpc) is 2.50. The summed E-state index contributed by atoms with van der Waals surface area (Å²) in [7, 11) is -2.99. The number of carbonyl (C=O) groups excluding carboxylic acids is 1. The summed E-state index contributed by atoms with van der Waals surface area (Å²) in [6.45, 7) is 2.19. The molecule has 2 saturated heterocycles. The molecule has 0 aromatic rings. The van der Waals surface area contributed by atoms with Crippen LogP contribution in [0.3, 0.4) is 0 Å². The van der Waals surface area contributed by atoms with E-state index in [2.05, 4.69) is 5.32 Å². The van der Waals surface area contributed by atoms with Gasteiger partial charge in [-0.05, 0) is 19.8 Å². The molecule has 16 heavy (non-hydrogen) atoms. The fourth-order valence-electron chi connectivity index (χ4n) is 2.40. The zero-order valence-corrected chi connectivity index (χ0v) is 10.2. The largest absolute Gasteiger partial charge is 0.441 e. The van der Waals surface area contributed by atoms with Gasteiger partial charge in [-0.25, -0.2) is 13.2 Å². The summed E-state index contributed by atoms with van der Waals surface area (Å²) in [5, 5.41) is 2.22. The summed E-state index contributed by atoms with van der Waals surface area (Å²) < 4.78 is 28.8. The van der Waals surface area contributed by atoms with Crippen LogP contribution in [0.2, 0.25) is 0 Å². The van der Waals surface area contributed by atoms with Crippen LogP contribution in [0.1, 0.15) is 32.6 Å². The first-order valence-corrected chi connectivity index (χ1v) is 7.31. The lowest BCUT2D eigenvalue weighted by atomic mass is 9.97. The Balaban J connectivity index is 2.06. The Morgan fingerprint density at radius 1 is 1.50 bits per heavy atom. The van der Waals surface area contributed by atoms with Crippen LogP contribution >= 0.6 is 0 Å². The van der Waals surface area contributed by atoms with Gasteiger partial charge in [0, 0.05) is 6.42 Å². The van der Waals surface area contributed by atoms with Crippen molar-refractivity contribution in [2.75, 3.05) is 12.3 Å². The van der Waals surface area contributed by atoms with Gasteiger partial charge in [-0.15, -0.1) is 0 Å². The molecule has 2 aliphatic rings. The number of cyclic esters (lactones) is 1. The third-order valence-corrected chi connectivity index (χ3v) is 5.59. The summed E-state index contributed by atoms with van der Waals surface area (Å²) in [4.78, 5) is 11.0. The van der Waals surface area contributed by atoms with Gasteiger partial charge in [0.2, 0.25) is 0 Å². The Labute approximate surface area is 95.5 Å². The molecule has 6 heteroatoms. The van der Waals surface area contributed by atoms with Crippen molar-refractivity contribution in [3.63, 3.8) is 0 Å². The van der Waals surface area contributed by atoms with Gasteiger partial charge in [-0.1, -0.05) is 6.42 Å². The lowest BCUT2D eigenvalue weighted by Gasteiger charge is -2.29. The Morgan fingerprint density at radius 2 is 2.25 bits per heavy atom. The molecule has 0 spiro atoms. The van der Waals surface area contributed by atoms with E-state index in [9.17, 15) is 13.2 Å². The Morgan fingerprint density at radius 3 is 2.81 bits per heavy atom. The molecule has 0 aliphatic carbocycles. The summed E-state index contributed by atoms with van der Waals surface area (Å²) in [5.74, 6) is 0.273. The van der Waals surface area contributed by atoms with Crippen molar-refractivity contribution < 1.29 is 17.9 Å². The zero-order chi connectivity index (χ0) is 11.8. The maximum atomic E-state index is 11.8. The highest BCUT2D eigenvalue weighted by atomic mass is 32.2.